The van der Waals surface area contributed by atoms with Crippen LogP contribution in [0.5, 0.6) is 0 Å². The second-order valence-electron chi connectivity index (χ2n) is 5.97. The summed E-state index contributed by atoms with van der Waals surface area (Å²) in [7, 11) is 0. The minimum atomic E-state index is -4.35. The van der Waals surface area contributed by atoms with Gasteiger partial charge in [0, 0.05) is 22.8 Å². The molecule has 2 aliphatic heterocycles. The number of carbonyl (C=O) groups is 1. The number of benzene rings is 1. The zero-order chi connectivity index (χ0) is 15.0. The van der Waals surface area contributed by atoms with Crippen molar-refractivity contribution >= 4 is 17.5 Å². The topological polar surface area (TPSA) is 17.1 Å². The van der Waals surface area contributed by atoms with Crippen molar-refractivity contribution in [2.45, 2.75) is 48.8 Å². The molecule has 0 aromatic heterocycles. The molecule has 2 unspecified atom stereocenters. The van der Waals surface area contributed by atoms with E-state index < -0.39 is 11.7 Å². The highest BCUT2D eigenvalue weighted by Gasteiger charge is 2.37. The fraction of sp³-hybridized carbons (Fsp3) is 0.562. The maximum atomic E-state index is 12.7. The molecule has 2 aliphatic rings. The first kappa shape index (κ1) is 14.9. The van der Waals surface area contributed by atoms with E-state index in [2.05, 4.69) is 0 Å². The molecule has 2 bridgehead atoms. The van der Waals surface area contributed by atoms with Crippen LogP contribution in [0.15, 0.2) is 24.3 Å². The van der Waals surface area contributed by atoms with Crippen LogP contribution in [-0.2, 0) is 17.4 Å². The molecular formula is C16H17F3OS. The monoisotopic (exact) mass is 314 g/mol. The number of thioether (sulfide) groups is 1. The molecule has 2 atom stereocenters. The number of Topliss-reactive ketones (excluding diaryl/α,β-unsaturated/α-hetero) is 1. The van der Waals surface area contributed by atoms with Gasteiger partial charge in [0.2, 0.25) is 0 Å². The normalized spacial score (nSPS) is 28.6. The van der Waals surface area contributed by atoms with Gasteiger partial charge in [0.1, 0.15) is 5.78 Å². The molecule has 2 fully saturated rings. The summed E-state index contributed by atoms with van der Waals surface area (Å²) in [6.45, 7) is 0. The van der Waals surface area contributed by atoms with E-state index in [0.29, 0.717) is 16.1 Å². The molecule has 0 spiro atoms. The van der Waals surface area contributed by atoms with E-state index in [9.17, 15) is 18.0 Å². The highest BCUT2D eigenvalue weighted by atomic mass is 32.2. The summed E-state index contributed by atoms with van der Waals surface area (Å²) in [4.78, 5) is 12.4. The van der Waals surface area contributed by atoms with Gasteiger partial charge in [0.15, 0.2) is 0 Å². The van der Waals surface area contributed by atoms with Crippen molar-refractivity contribution < 1.29 is 18.0 Å². The van der Waals surface area contributed by atoms with Gasteiger partial charge in [0.05, 0.1) is 5.56 Å². The lowest BCUT2D eigenvalue weighted by molar-refractivity contribution is -0.137. The van der Waals surface area contributed by atoms with Gasteiger partial charge in [-0.25, -0.2) is 0 Å². The molecule has 114 valence electrons. The second-order valence-corrected chi connectivity index (χ2v) is 7.57. The Kier molecular flexibility index (Phi) is 4.04. The molecule has 2 saturated heterocycles. The average molecular weight is 314 g/mol. The number of hydrogen-bond acceptors (Lipinski definition) is 2. The smallest absolute Gasteiger partial charge is 0.299 e. The predicted molar refractivity (Wildman–Crippen MR) is 77.3 cm³/mol. The maximum absolute atomic E-state index is 12.7. The van der Waals surface area contributed by atoms with Crippen LogP contribution in [0.2, 0.25) is 0 Å². The van der Waals surface area contributed by atoms with Crippen molar-refractivity contribution in [3.8, 4) is 0 Å². The Balaban J connectivity index is 1.67. The van der Waals surface area contributed by atoms with Gasteiger partial charge in [-0.05, 0) is 37.3 Å². The van der Waals surface area contributed by atoms with Crippen molar-refractivity contribution in [1.82, 2.24) is 0 Å². The summed E-state index contributed by atoms with van der Waals surface area (Å²) < 4.78 is 38.0. The fourth-order valence-electron chi connectivity index (χ4n) is 3.32. The first-order chi connectivity index (χ1) is 9.91. The van der Waals surface area contributed by atoms with Gasteiger partial charge in [-0.1, -0.05) is 18.2 Å². The molecule has 3 rings (SSSR count). The lowest BCUT2D eigenvalue weighted by atomic mass is 9.90. The minimum Gasteiger partial charge on any atom is -0.299 e. The van der Waals surface area contributed by atoms with Crippen molar-refractivity contribution in [3.63, 3.8) is 0 Å². The molecule has 2 heterocycles. The van der Waals surface area contributed by atoms with E-state index in [1.165, 1.54) is 18.9 Å². The Morgan fingerprint density at radius 3 is 2.48 bits per heavy atom. The molecule has 1 nitrogen and oxygen atoms in total. The van der Waals surface area contributed by atoms with Gasteiger partial charge in [-0.2, -0.15) is 24.9 Å². The quantitative estimate of drug-likeness (QED) is 0.817. The summed E-state index contributed by atoms with van der Waals surface area (Å²) in [5.74, 6) is 0.143. The molecule has 0 N–H and O–H groups in total. The number of carbonyl (C=O) groups excluding carboxylic acids is 1. The largest absolute Gasteiger partial charge is 0.416 e. The van der Waals surface area contributed by atoms with Crippen LogP contribution in [0, 0.1) is 5.92 Å². The zero-order valence-corrected chi connectivity index (χ0v) is 12.3. The molecule has 1 aromatic rings. The molecule has 0 saturated carbocycles. The van der Waals surface area contributed by atoms with E-state index >= 15 is 0 Å². The second kappa shape index (κ2) is 5.67. The lowest BCUT2D eigenvalue weighted by Gasteiger charge is -2.26. The molecule has 0 radical (unpaired) electrons. The Labute approximate surface area is 126 Å². The van der Waals surface area contributed by atoms with E-state index in [-0.39, 0.29) is 18.1 Å². The average Bonchev–Trinajstić information content (AvgIpc) is 2.76. The third-order valence-corrected chi connectivity index (χ3v) is 6.00. The van der Waals surface area contributed by atoms with Crippen LogP contribution < -0.4 is 0 Å². The molecule has 21 heavy (non-hydrogen) atoms. The van der Waals surface area contributed by atoms with Crippen LogP contribution >= 0.6 is 11.8 Å². The summed E-state index contributed by atoms with van der Waals surface area (Å²) in [6.07, 6.45) is -0.0540. The summed E-state index contributed by atoms with van der Waals surface area (Å²) in [5.41, 5.74) is -0.201. The van der Waals surface area contributed by atoms with Crippen molar-refractivity contribution in [2.75, 3.05) is 0 Å². The first-order valence-electron chi connectivity index (χ1n) is 7.26. The summed E-state index contributed by atoms with van der Waals surface area (Å²) >= 11 is 1.98. The Hall–Kier alpha value is -0.970. The SMILES string of the molecule is O=C(Cc1cccc(C(F)(F)F)c1)C1CC2CCC(C1)S2. The van der Waals surface area contributed by atoms with Crippen LogP contribution in [0.3, 0.4) is 0 Å². The number of halogens is 3. The molecule has 5 heteroatoms. The summed E-state index contributed by atoms with van der Waals surface area (Å²) in [5, 5.41) is 1.17. The van der Waals surface area contributed by atoms with Crippen LogP contribution in [0.1, 0.15) is 36.8 Å². The highest BCUT2D eigenvalue weighted by Crippen LogP contribution is 2.46. The number of hydrogen-bond donors (Lipinski definition) is 0. The van der Waals surface area contributed by atoms with Gasteiger partial charge < -0.3 is 0 Å². The standard InChI is InChI=1S/C16H17F3OS/c17-16(18,19)12-3-1-2-10(6-12)7-15(20)11-8-13-4-5-14(9-11)21-13/h1-3,6,11,13-14H,4-5,7-9H2. The Morgan fingerprint density at radius 1 is 1.19 bits per heavy atom. The molecule has 0 amide bonds. The zero-order valence-electron chi connectivity index (χ0n) is 11.5. The maximum Gasteiger partial charge on any atom is 0.416 e. The van der Waals surface area contributed by atoms with Gasteiger partial charge in [-0.3, -0.25) is 4.79 Å². The lowest BCUT2D eigenvalue weighted by Crippen LogP contribution is -2.26. The van der Waals surface area contributed by atoms with E-state index in [4.69, 9.17) is 0 Å². The van der Waals surface area contributed by atoms with Gasteiger partial charge >= 0.3 is 6.18 Å². The number of ketones is 1. The number of alkyl halides is 3. The van der Waals surface area contributed by atoms with Crippen LogP contribution in [-0.4, -0.2) is 16.3 Å². The van der Waals surface area contributed by atoms with E-state index in [0.717, 1.165) is 25.0 Å². The van der Waals surface area contributed by atoms with Crippen molar-refractivity contribution in [2.24, 2.45) is 5.92 Å². The highest BCUT2D eigenvalue weighted by molar-refractivity contribution is 8.00. The van der Waals surface area contributed by atoms with E-state index in [1.54, 1.807) is 6.07 Å². The third kappa shape index (κ3) is 3.44. The molecule has 1 aromatic carbocycles. The molecule has 0 aliphatic carbocycles. The van der Waals surface area contributed by atoms with Crippen LogP contribution in [0.4, 0.5) is 13.2 Å². The first-order valence-corrected chi connectivity index (χ1v) is 8.20. The number of rotatable bonds is 3. The van der Waals surface area contributed by atoms with Crippen LogP contribution in [0.25, 0.3) is 0 Å². The fourth-order valence-corrected chi connectivity index (χ4v) is 5.10. The minimum absolute atomic E-state index is 0.0401. The third-order valence-electron chi connectivity index (χ3n) is 4.38. The van der Waals surface area contributed by atoms with Crippen molar-refractivity contribution in [3.05, 3.63) is 35.4 Å². The van der Waals surface area contributed by atoms with Gasteiger partial charge in [0.25, 0.3) is 0 Å². The molecular weight excluding hydrogens is 297 g/mol. The van der Waals surface area contributed by atoms with E-state index in [1.807, 2.05) is 11.8 Å². The summed E-state index contributed by atoms with van der Waals surface area (Å²) in [6, 6.07) is 5.14. The Bertz CT molecular complexity index is 529. The van der Waals surface area contributed by atoms with Crippen molar-refractivity contribution in [1.29, 1.82) is 0 Å². The number of fused-ring (bicyclic) bond motifs is 2. The van der Waals surface area contributed by atoms with Gasteiger partial charge in [-0.15, -0.1) is 0 Å². The predicted octanol–water partition coefficient (Wildman–Crippen LogP) is 4.49. The Morgan fingerprint density at radius 2 is 1.86 bits per heavy atom.